The number of halogens is 1. The van der Waals surface area contributed by atoms with Gasteiger partial charge in [0.1, 0.15) is 0 Å². The molecule has 1 unspecified atom stereocenters. The molecule has 0 aliphatic rings. The van der Waals surface area contributed by atoms with Crippen molar-refractivity contribution in [3.8, 4) is 0 Å². The lowest BCUT2D eigenvalue weighted by molar-refractivity contribution is 0.247. The smallest absolute Gasteiger partial charge is 0.0245 e. The van der Waals surface area contributed by atoms with E-state index in [1.807, 2.05) is 11.8 Å². The second kappa shape index (κ2) is 9.82. The number of rotatable bonds is 9. The first-order valence-corrected chi connectivity index (χ1v) is 9.48. The summed E-state index contributed by atoms with van der Waals surface area (Å²) in [7, 11) is 2.23. The fourth-order valence-electron chi connectivity index (χ4n) is 2.25. The van der Waals surface area contributed by atoms with Gasteiger partial charge in [-0.25, -0.2) is 0 Å². The fraction of sp³-hybridized carbons (Fsp3) is 0.625. The first-order chi connectivity index (χ1) is 9.62. The van der Waals surface area contributed by atoms with Gasteiger partial charge in [-0.2, -0.15) is 11.8 Å². The topological polar surface area (TPSA) is 15.3 Å². The van der Waals surface area contributed by atoms with Gasteiger partial charge in [-0.05, 0) is 43.5 Å². The standard InChI is InChI=1S/C16H27BrN2S/c1-5-15(12-20-4)19(3)11-14-8-7-13(9-16(14)17)10-18-6-2/h7-9,15,18H,5-6,10-12H2,1-4H3. The van der Waals surface area contributed by atoms with Crippen LogP contribution in [0.4, 0.5) is 0 Å². The predicted octanol–water partition coefficient (Wildman–Crippen LogP) is 4.13. The number of hydrogen-bond donors (Lipinski definition) is 1. The van der Waals surface area contributed by atoms with E-state index < -0.39 is 0 Å². The van der Waals surface area contributed by atoms with Crippen LogP contribution in [0.1, 0.15) is 31.4 Å². The van der Waals surface area contributed by atoms with Gasteiger partial charge in [0.15, 0.2) is 0 Å². The maximum atomic E-state index is 3.72. The summed E-state index contributed by atoms with van der Waals surface area (Å²) in [5.74, 6) is 1.20. The van der Waals surface area contributed by atoms with Gasteiger partial charge in [-0.1, -0.05) is 41.9 Å². The average molecular weight is 359 g/mol. The van der Waals surface area contributed by atoms with Gasteiger partial charge >= 0.3 is 0 Å². The molecule has 0 heterocycles. The van der Waals surface area contributed by atoms with Crippen LogP contribution in [0.2, 0.25) is 0 Å². The van der Waals surface area contributed by atoms with Gasteiger partial charge < -0.3 is 5.32 Å². The lowest BCUT2D eigenvalue weighted by Gasteiger charge is -2.27. The lowest BCUT2D eigenvalue weighted by atomic mass is 10.1. The minimum atomic E-state index is 0.651. The minimum absolute atomic E-state index is 0.651. The monoisotopic (exact) mass is 358 g/mol. The molecule has 0 amide bonds. The van der Waals surface area contributed by atoms with Crippen LogP contribution in [-0.2, 0) is 13.1 Å². The maximum Gasteiger partial charge on any atom is 0.0245 e. The van der Waals surface area contributed by atoms with Gasteiger partial charge in [-0.15, -0.1) is 0 Å². The van der Waals surface area contributed by atoms with Gasteiger partial charge in [0.2, 0.25) is 0 Å². The zero-order valence-electron chi connectivity index (χ0n) is 13.1. The van der Waals surface area contributed by atoms with E-state index in [1.165, 1.54) is 27.8 Å². The van der Waals surface area contributed by atoms with Gasteiger partial charge in [-0.3, -0.25) is 4.90 Å². The third kappa shape index (κ3) is 5.76. The number of nitrogens with one attached hydrogen (secondary N) is 1. The molecule has 0 aliphatic heterocycles. The lowest BCUT2D eigenvalue weighted by Crippen LogP contribution is -2.32. The molecule has 0 aliphatic carbocycles. The molecule has 114 valence electrons. The Morgan fingerprint density at radius 3 is 2.65 bits per heavy atom. The number of nitrogens with zero attached hydrogens (tertiary/aromatic N) is 1. The van der Waals surface area contributed by atoms with Crippen LogP contribution in [0.15, 0.2) is 22.7 Å². The molecule has 0 fully saturated rings. The Morgan fingerprint density at radius 2 is 2.10 bits per heavy atom. The van der Waals surface area contributed by atoms with E-state index in [-0.39, 0.29) is 0 Å². The highest BCUT2D eigenvalue weighted by Gasteiger charge is 2.13. The van der Waals surface area contributed by atoms with E-state index in [0.717, 1.165) is 19.6 Å². The summed E-state index contributed by atoms with van der Waals surface area (Å²) in [4.78, 5) is 2.46. The molecular weight excluding hydrogens is 332 g/mol. The number of hydrogen-bond acceptors (Lipinski definition) is 3. The van der Waals surface area contributed by atoms with E-state index in [1.54, 1.807) is 0 Å². The Labute approximate surface area is 136 Å². The Bertz CT molecular complexity index is 398. The summed E-state index contributed by atoms with van der Waals surface area (Å²) in [5, 5.41) is 3.36. The van der Waals surface area contributed by atoms with Crippen LogP contribution in [0, 0.1) is 0 Å². The summed E-state index contributed by atoms with van der Waals surface area (Å²) < 4.78 is 1.22. The zero-order valence-corrected chi connectivity index (χ0v) is 15.5. The van der Waals surface area contributed by atoms with Crippen molar-refractivity contribution in [2.24, 2.45) is 0 Å². The third-order valence-corrected chi connectivity index (χ3v) is 5.03. The van der Waals surface area contributed by atoms with Crippen LogP contribution < -0.4 is 5.32 Å². The van der Waals surface area contributed by atoms with E-state index in [9.17, 15) is 0 Å². The van der Waals surface area contributed by atoms with Crippen LogP contribution in [0.25, 0.3) is 0 Å². The summed E-state index contributed by atoms with van der Waals surface area (Å²) in [6.45, 7) is 7.35. The SMILES string of the molecule is CCNCc1ccc(CN(C)C(CC)CSC)c(Br)c1. The predicted molar refractivity (Wildman–Crippen MR) is 95.5 cm³/mol. The van der Waals surface area contributed by atoms with E-state index in [4.69, 9.17) is 0 Å². The van der Waals surface area contributed by atoms with E-state index in [2.05, 4.69) is 71.5 Å². The second-order valence-corrected chi connectivity index (χ2v) is 6.90. The zero-order chi connectivity index (χ0) is 15.0. The molecule has 4 heteroatoms. The highest BCUT2D eigenvalue weighted by Crippen LogP contribution is 2.21. The van der Waals surface area contributed by atoms with Crippen molar-refractivity contribution in [2.75, 3.05) is 25.6 Å². The maximum absolute atomic E-state index is 3.72. The van der Waals surface area contributed by atoms with Crippen molar-refractivity contribution in [1.29, 1.82) is 0 Å². The first-order valence-electron chi connectivity index (χ1n) is 7.29. The summed E-state index contributed by atoms with van der Waals surface area (Å²) in [6.07, 6.45) is 3.38. The molecule has 1 aromatic rings. The molecule has 1 N–H and O–H groups in total. The Balaban J connectivity index is 2.67. The molecule has 2 nitrogen and oxygen atoms in total. The summed E-state index contributed by atoms with van der Waals surface area (Å²) in [6, 6.07) is 7.37. The van der Waals surface area contributed by atoms with E-state index >= 15 is 0 Å². The Hall–Kier alpha value is -0.0300. The van der Waals surface area contributed by atoms with Crippen LogP contribution in [0.3, 0.4) is 0 Å². The number of benzene rings is 1. The van der Waals surface area contributed by atoms with Crippen LogP contribution in [-0.4, -0.2) is 36.5 Å². The molecule has 1 aromatic carbocycles. The second-order valence-electron chi connectivity index (χ2n) is 5.14. The van der Waals surface area contributed by atoms with Crippen molar-refractivity contribution >= 4 is 27.7 Å². The largest absolute Gasteiger partial charge is 0.313 e. The molecule has 0 bridgehead atoms. The molecule has 20 heavy (non-hydrogen) atoms. The van der Waals surface area contributed by atoms with E-state index in [0.29, 0.717) is 6.04 Å². The third-order valence-electron chi connectivity index (χ3n) is 3.57. The minimum Gasteiger partial charge on any atom is -0.313 e. The average Bonchev–Trinajstić information content (AvgIpc) is 2.44. The molecule has 0 aromatic heterocycles. The fourth-order valence-corrected chi connectivity index (χ4v) is 3.67. The van der Waals surface area contributed by atoms with Crippen molar-refractivity contribution in [1.82, 2.24) is 10.2 Å². The van der Waals surface area contributed by atoms with Crippen LogP contribution in [0.5, 0.6) is 0 Å². The van der Waals surface area contributed by atoms with Crippen molar-refractivity contribution in [3.05, 3.63) is 33.8 Å². The quantitative estimate of drug-likeness (QED) is 0.714. The van der Waals surface area contributed by atoms with Crippen molar-refractivity contribution in [3.63, 3.8) is 0 Å². The molecule has 0 spiro atoms. The molecule has 0 saturated heterocycles. The normalized spacial score (nSPS) is 12.9. The highest BCUT2D eigenvalue weighted by molar-refractivity contribution is 9.10. The first kappa shape index (κ1) is 18.0. The molecule has 1 rings (SSSR count). The Morgan fingerprint density at radius 1 is 1.35 bits per heavy atom. The number of thioether (sulfide) groups is 1. The van der Waals surface area contributed by atoms with Gasteiger partial charge in [0.25, 0.3) is 0 Å². The molecule has 1 atom stereocenters. The molecule has 0 radical (unpaired) electrons. The van der Waals surface area contributed by atoms with Crippen LogP contribution >= 0.6 is 27.7 Å². The summed E-state index contributed by atoms with van der Waals surface area (Å²) in [5.41, 5.74) is 2.70. The summed E-state index contributed by atoms with van der Waals surface area (Å²) >= 11 is 5.65. The van der Waals surface area contributed by atoms with Gasteiger partial charge in [0, 0.05) is 29.4 Å². The molecular formula is C16H27BrN2S. The molecule has 0 saturated carbocycles. The highest BCUT2D eigenvalue weighted by atomic mass is 79.9. The Kier molecular flexibility index (Phi) is 8.85. The van der Waals surface area contributed by atoms with Crippen molar-refractivity contribution < 1.29 is 0 Å². The van der Waals surface area contributed by atoms with Crippen molar-refractivity contribution in [2.45, 2.75) is 39.4 Å². The van der Waals surface area contributed by atoms with Gasteiger partial charge in [0.05, 0.1) is 0 Å².